The van der Waals surface area contributed by atoms with Gasteiger partial charge in [-0.2, -0.15) is 0 Å². The molecule has 0 atom stereocenters. The van der Waals surface area contributed by atoms with Crippen LogP contribution in [0.1, 0.15) is 40.6 Å². The lowest BCUT2D eigenvalue weighted by Gasteiger charge is -2.05. The molecular formula is C21H20O2S. The summed E-state index contributed by atoms with van der Waals surface area (Å²) in [5.74, 6) is 0.787. The molecule has 1 aromatic heterocycles. The maximum Gasteiger partial charge on any atom is 0.177 e. The van der Waals surface area contributed by atoms with Gasteiger partial charge in [0.25, 0.3) is 0 Å². The first-order valence-corrected chi connectivity index (χ1v) is 8.86. The Morgan fingerprint density at radius 3 is 2.46 bits per heavy atom. The first kappa shape index (κ1) is 16.5. The van der Waals surface area contributed by atoms with Gasteiger partial charge in [0, 0.05) is 11.3 Å². The van der Waals surface area contributed by atoms with Crippen LogP contribution in [0.15, 0.2) is 60.7 Å². The first-order chi connectivity index (χ1) is 11.5. The van der Waals surface area contributed by atoms with Gasteiger partial charge in [-0.15, -0.1) is 11.3 Å². The Labute approximate surface area is 146 Å². The molecule has 24 heavy (non-hydrogen) atoms. The van der Waals surface area contributed by atoms with Gasteiger partial charge in [0.2, 0.25) is 0 Å². The molecule has 1 heterocycles. The zero-order valence-corrected chi connectivity index (χ0v) is 14.6. The Morgan fingerprint density at radius 2 is 1.79 bits per heavy atom. The lowest BCUT2D eigenvalue weighted by Crippen LogP contribution is -2.00. The summed E-state index contributed by atoms with van der Waals surface area (Å²) >= 11 is 1.52. The van der Waals surface area contributed by atoms with E-state index in [-0.39, 0.29) is 11.5 Å². The molecule has 0 radical (unpaired) electrons. The Morgan fingerprint density at radius 1 is 1.04 bits per heavy atom. The summed E-state index contributed by atoms with van der Waals surface area (Å²) in [7, 11) is 0. The second kappa shape index (κ2) is 7.02. The summed E-state index contributed by atoms with van der Waals surface area (Å²) in [5.41, 5.74) is 3.28. The quantitative estimate of drug-likeness (QED) is 0.610. The molecule has 0 saturated heterocycles. The van der Waals surface area contributed by atoms with Crippen molar-refractivity contribution in [2.45, 2.75) is 26.2 Å². The third-order valence-corrected chi connectivity index (χ3v) is 5.19. The van der Waals surface area contributed by atoms with Crippen LogP contribution in [0.5, 0.6) is 5.75 Å². The summed E-state index contributed by atoms with van der Waals surface area (Å²) in [6.45, 7) is 4.36. The van der Waals surface area contributed by atoms with Crippen LogP contribution >= 0.6 is 11.3 Å². The number of ketones is 1. The van der Waals surface area contributed by atoms with E-state index >= 15 is 0 Å². The van der Waals surface area contributed by atoms with Crippen LogP contribution < -0.4 is 0 Å². The number of phenolic OH excluding ortho intramolecular Hbond substituents is 1. The van der Waals surface area contributed by atoms with E-state index in [1.807, 2.05) is 18.2 Å². The van der Waals surface area contributed by atoms with Gasteiger partial charge >= 0.3 is 0 Å². The fourth-order valence-corrected chi connectivity index (χ4v) is 3.56. The minimum absolute atomic E-state index is 0.0793. The van der Waals surface area contributed by atoms with E-state index in [1.165, 1.54) is 16.9 Å². The number of hydrogen-bond acceptors (Lipinski definition) is 3. The second-order valence-electron chi connectivity index (χ2n) is 6.21. The standard InChI is InChI=1S/C21H20O2S/c1-14(2)16-6-8-17(9-7-16)20-10-11-21(24-20)19(23)13-15-4-3-5-18(22)12-15/h3-12,14,22H,13H2,1-2H3. The number of hydrogen-bond donors (Lipinski definition) is 1. The zero-order chi connectivity index (χ0) is 17.1. The van der Waals surface area contributed by atoms with Crippen molar-refractivity contribution in [3.63, 3.8) is 0 Å². The van der Waals surface area contributed by atoms with E-state index in [1.54, 1.807) is 18.2 Å². The van der Waals surface area contributed by atoms with E-state index in [0.717, 1.165) is 20.9 Å². The molecule has 0 aliphatic carbocycles. The van der Waals surface area contributed by atoms with Crippen LogP contribution in [0, 0.1) is 0 Å². The molecule has 3 rings (SSSR count). The highest BCUT2D eigenvalue weighted by Gasteiger charge is 2.12. The smallest absolute Gasteiger partial charge is 0.177 e. The predicted molar refractivity (Wildman–Crippen MR) is 100.0 cm³/mol. The molecule has 3 heteroatoms. The van der Waals surface area contributed by atoms with Crippen molar-refractivity contribution in [3.8, 4) is 16.2 Å². The third kappa shape index (κ3) is 3.74. The van der Waals surface area contributed by atoms with Crippen molar-refractivity contribution >= 4 is 17.1 Å². The fraction of sp³-hybridized carbons (Fsp3) is 0.190. The fourth-order valence-electron chi connectivity index (χ4n) is 2.61. The molecule has 0 amide bonds. The minimum Gasteiger partial charge on any atom is -0.508 e. The average Bonchev–Trinajstić information content (AvgIpc) is 3.05. The number of rotatable bonds is 5. The summed E-state index contributed by atoms with van der Waals surface area (Å²) < 4.78 is 0. The van der Waals surface area contributed by atoms with Crippen molar-refractivity contribution in [1.82, 2.24) is 0 Å². The number of carbonyl (C=O) groups is 1. The summed E-state index contributed by atoms with van der Waals surface area (Å²) in [4.78, 5) is 14.3. The molecule has 2 nitrogen and oxygen atoms in total. The molecule has 0 spiro atoms. The van der Waals surface area contributed by atoms with Gasteiger partial charge in [-0.05, 0) is 46.9 Å². The van der Waals surface area contributed by atoms with Crippen LogP contribution in [0.2, 0.25) is 0 Å². The van der Waals surface area contributed by atoms with E-state index in [2.05, 4.69) is 38.1 Å². The van der Waals surface area contributed by atoms with Crippen molar-refractivity contribution < 1.29 is 9.90 Å². The van der Waals surface area contributed by atoms with Gasteiger partial charge in [0.05, 0.1) is 4.88 Å². The van der Waals surface area contributed by atoms with Gasteiger partial charge in [-0.25, -0.2) is 0 Å². The molecule has 0 fully saturated rings. The molecule has 0 aliphatic rings. The van der Waals surface area contributed by atoms with Crippen LogP contribution in [-0.2, 0) is 6.42 Å². The highest BCUT2D eigenvalue weighted by atomic mass is 32.1. The molecule has 3 aromatic rings. The van der Waals surface area contributed by atoms with Gasteiger partial charge < -0.3 is 5.11 Å². The van der Waals surface area contributed by atoms with Crippen LogP contribution in [0.3, 0.4) is 0 Å². The van der Waals surface area contributed by atoms with E-state index in [9.17, 15) is 9.90 Å². The number of phenols is 1. The first-order valence-electron chi connectivity index (χ1n) is 8.04. The maximum atomic E-state index is 12.4. The molecule has 122 valence electrons. The number of benzene rings is 2. The largest absolute Gasteiger partial charge is 0.508 e. The van der Waals surface area contributed by atoms with E-state index in [0.29, 0.717) is 12.3 Å². The number of Topliss-reactive ketones (excluding diaryl/α,β-unsaturated/α-hetero) is 1. The van der Waals surface area contributed by atoms with Crippen LogP contribution in [0.4, 0.5) is 0 Å². The van der Waals surface area contributed by atoms with Gasteiger partial charge in [0.1, 0.15) is 5.75 Å². The van der Waals surface area contributed by atoms with Crippen molar-refractivity contribution in [1.29, 1.82) is 0 Å². The molecule has 0 unspecified atom stereocenters. The van der Waals surface area contributed by atoms with Crippen molar-refractivity contribution in [2.24, 2.45) is 0 Å². The van der Waals surface area contributed by atoms with Gasteiger partial charge in [0.15, 0.2) is 5.78 Å². The Bertz CT molecular complexity index is 844. The van der Waals surface area contributed by atoms with Crippen molar-refractivity contribution in [3.05, 3.63) is 76.7 Å². The Hall–Kier alpha value is -2.39. The molecule has 2 aromatic carbocycles. The Balaban J connectivity index is 1.76. The Kier molecular flexibility index (Phi) is 4.81. The molecule has 0 bridgehead atoms. The second-order valence-corrected chi connectivity index (χ2v) is 7.29. The minimum atomic E-state index is 0.0793. The summed E-state index contributed by atoms with van der Waals surface area (Å²) in [5, 5.41) is 9.50. The average molecular weight is 336 g/mol. The third-order valence-electron chi connectivity index (χ3n) is 4.02. The van der Waals surface area contributed by atoms with E-state index in [4.69, 9.17) is 0 Å². The highest BCUT2D eigenvalue weighted by Crippen LogP contribution is 2.30. The number of thiophene rings is 1. The topological polar surface area (TPSA) is 37.3 Å². The molecule has 1 N–H and O–H groups in total. The van der Waals surface area contributed by atoms with Crippen LogP contribution in [-0.4, -0.2) is 10.9 Å². The zero-order valence-electron chi connectivity index (χ0n) is 13.8. The van der Waals surface area contributed by atoms with E-state index < -0.39 is 0 Å². The maximum absolute atomic E-state index is 12.4. The van der Waals surface area contributed by atoms with Gasteiger partial charge in [-0.1, -0.05) is 50.2 Å². The molecule has 0 aliphatic heterocycles. The summed E-state index contributed by atoms with van der Waals surface area (Å²) in [6, 6.07) is 19.3. The molecule has 0 saturated carbocycles. The highest BCUT2D eigenvalue weighted by molar-refractivity contribution is 7.17. The summed E-state index contributed by atoms with van der Waals surface area (Å²) in [6.07, 6.45) is 0.306. The lowest BCUT2D eigenvalue weighted by molar-refractivity contribution is 0.0997. The predicted octanol–water partition coefficient (Wildman–Crippen LogP) is 5.67. The lowest BCUT2D eigenvalue weighted by atomic mass is 10.0. The molecular weight excluding hydrogens is 316 g/mol. The van der Waals surface area contributed by atoms with Crippen molar-refractivity contribution in [2.75, 3.05) is 0 Å². The van der Waals surface area contributed by atoms with Crippen LogP contribution in [0.25, 0.3) is 10.4 Å². The SMILES string of the molecule is CC(C)c1ccc(-c2ccc(C(=O)Cc3cccc(O)c3)s2)cc1. The van der Waals surface area contributed by atoms with Gasteiger partial charge in [-0.3, -0.25) is 4.79 Å². The number of carbonyl (C=O) groups excluding carboxylic acids is 1. The normalized spacial score (nSPS) is 11.0. The number of aromatic hydroxyl groups is 1. The monoisotopic (exact) mass is 336 g/mol.